The van der Waals surface area contributed by atoms with E-state index in [-0.39, 0.29) is 12.4 Å². The summed E-state index contributed by atoms with van der Waals surface area (Å²) in [4.78, 5) is 0. The molecule has 0 aliphatic heterocycles. The van der Waals surface area contributed by atoms with Gasteiger partial charge in [-0.3, -0.25) is 11.7 Å². The van der Waals surface area contributed by atoms with Gasteiger partial charge in [0, 0.05) is 4.47 Å². The molecule has 0 saturated heterocycles. The van der Waals surface area contributed by atoms with Crippen LogP contribution in [0.25, 0.3) is 0 Å². The number of halogens is 5. The molecule has 7 heteroatoms. The zero-order chi connectivity index (χ0) is 10.5. The Labute approximate surface area is 94.0 Å². The molecule has 2 nitrogen and oxygen atoms in total. The lowest BCUT2D eigenvalue weighted by Gasteiger charge is -2.05. The Hall–Kier alpha value is -0.300. The molecular formula is C7H9BrClF3N2. The highest BCUT2D eigenvalue weighted by Crippen LogP contribution is 2.30. The van der Waals surface area contributed by atoms with E-state index in [4.69, 9.17) is 0 Å². The first-order valence-corrected chi connectivity index (χ1v) is 3.95. The van der Waals surface area contributed by atoms with Crippen molar-refractivity contribution in [2.75, 3.05) is 0 Å². The molecule has 0 atom stereocenters. The largest absolute Gasteiger partial charge is 0.416 e. The fraction of sp³-hybridized carbons (Fsp3) is 0.143. The lowest BCUT2D eigenvalue weighted by molar-refractivity contribution is -0.137. The number of hydrogen-bond acceptors (Lipinski definition) is 2. The van der Waals surface area contributed by atoms with Crippen LogP contribution in [0.15, 0.2) is 28.7 Å². The topological polar surface area (TPSA) is 52.0 Å². The fourth-order valence-corrected chi connectivity index (χ4v) is 1.06. The highest BCUT2D eigenvalue weighted by Gasteiger charge is 2.30. The van der Waals surface area contributed by atoms with Gasteiger partial charge >= 0.3 is 6.18 Å². The third kappa shape index (κ3) is 5.43. The molecule has 0 amide bonds. The summed E-state index contributed by atoms with van der Waals surface area (Å²) < 4.78 is 36.3. The van der Waals surface area contributed by atoms with Gasteiger partial charge in [0.15, 0.2) is 0 Å². The van der Waals surface area contributed by atoms with Gasteiger partial charge in [0.05, 0.1) is 5.56 Å². The second-order valence-electron chi connectivity index (χ2n) is 2.01. The van der Waals surface area contributed by atoms with Crippen molar-refractivity contribution in [2.45, 2.75) is 6.18 Å². The number of nitrogens with two attached hydrogens (primary N) is 2. The zero-order valence-electron chi connectivity index (χ0n) is 6.88. The summed E-state index contributed by atoms with van der Waals surface area (Å²) in [7, 11) is 0. The van der Waals surface area contributed by atoms with E-state index in [0.717, 1.165) is 12.1 Å². The number of benzene rings is 1. The smallest absolute Gasteiger partial charge is 0.274 e. The molecular weight excluding hydrogens is 284 g/mol. The molecule has 14 heavy (non-hydrogen) atoms. The van der Waals surface area contributed by atoms with Crippen molar-refractivity contribution >= 4 is 28.3 Å². The van der Waals surface area contributed by atoms with E-state index in [9.17, 15) is 13.2 Å². The van der Waals surface area contributed by atoms with Crippen LogP contribution < -0.4 is 11.7 Å². The van der Waals surface area contributed by atoms with E-state index in [1.165, 1.54) is 6.07 Å². The molecule has 0 aliphatic carbocycles. The standard InChI is InChI=1S/C7H4BrF3.ClH.H4N2/c8-6-3-1-2-5(4-6)7(9,10)11;;1-2/h1-4H;1H;1-2H2. The molecule has 82 valence electrons. The third-order valence-electron chi connectivity index (χ3n) is 1.15. The minimum absolute atomic E-state index is 0. The summed E-state index contributed by atoms with van der Waals surface area (Å²) >= 11 is 2.95. The Bertz CT molecular complexity index is 267. The SMILES string of the molecule is Cl.FC(F)(F)c1cccc(Br)c1.NN. The van der Waals surface area contributed by atoms with Gasteiger partial charge in [-0.25, -0.2) is 0 Å². The van der Waals surface area contributed by atoms with Gasteiger partial charge in [0.2, 0.25) is 0 Å². The predicted octanol–water partition coefficient (Wildman–Crippen LogP) is 2.71. The average molecular weight is 294 g/mol. The van der Waals surface area contributed by atoms with E-state index < -0.39 is 11.7 Å². The maximum Gasteiger partial charge on any atom is 0.416 e. The molecule has 1 aromatic carbocycles. The molecule has 0 aromatic heterocycles. The molecule has 0 saturated carbocycles. The quantitative estimate of drug-likeness (QED) is 0.571. The number of alkyl halides is 3. The summed E-state index contributed by atoms with van der Waals surface area (Å²) in [6, 6.07) is 4.98. The Morgan fingerprint density at radius 2 is 1.64 bits per heavy atom. The monoisotopic (exact) mass is 292 g/mol. The van der Waals surface area contributed by atoms with Crippen LogP contribution in [0.3, 0.4) is 0 Å². The first-order valence-electron chi connectivity index (χ1n) is 3.16. The van der Waals surface area contributed by atoms with Gasteiger partial charge in [0.25, 0.3) is 0 Å². The van der Waals surface area contributed by atoms with Crippen molar-refractivity contribution < 1.29 is 13.2 Å². The van der Waals surface area contributed by atoms with Gasteiger partial charge in [-0.1, -0.05) is 22.0 Å². The predicted molar refractivity (Wildman–Crippen MR) is 54.8 cm³/mol. The molecule has 0 heterocycles. The normalized spacial score (nSPS) is 9.57. The summed E-state index contributed by atoms with van der Waals surface area (Å²) in [5.41, 5.74) is -0.633. The molecule has 0 radical (unpaired) electrons. The van der Waals surface area contributed by atoms with Gasteiger partial charge in [-0.15, -0.1) is 12.4 Å². The van der Waals surface area contributed by atoms with Crippen molar-refractivity contribution in [3.8, 4) is 0 Å². The molecule has 0 aliphatic rings. The van der Waals surface area contributed by atoms with Crippen LogP contribution in [0, 0.1) is 0 Å². The molecule has 1 rings (SSSR count). The van der Waals surface area contributed by atoms with Gasteiger partial charge < -0.3 is 0 Å². The van der Waals surface area contributed by atoms with Gasteiger partial charge in [0.1, 0.15) is 0 Å². The average Bonchev–Trinajstić information content (AvgIpc) is 2.06. The molecule has 0 spiro atoms. The van der Waals surface area contributed by atoms with Crippen molar-refractivity contribution in [3.05, 3.63) is 34.3 Å². The maximum atomic E-state index is 11.9. The summed E-state index contributed by atoms with van der Waals surface area (Å²) in [6.07, 6.45) is -4.25. The minimum atomic E-state index is -4.25. The van der Waals surface area contributed by atoms with Crippen LogP contribution in [0.4, 0.5) is 13.2 Å². The lowest BCUT2D eigenvalue weighted by atomic mass is 10.2. The van der Waals surface area contributed by atoms with Crippen LogP contribution in [-0.4, -0.2) is 0 Å². The fourth-order valence-electron chi connectivity index (χ4n) is 0.665. The highest BCUT2D eigenvalue weighted by molar-refractivity contribution is 9.10. The highest BCUT2D eigenvalue weighted by atomic mass is 79.9. The van der Waals surface area contributed by atoms with Crippen LogP contribution in [0.1, 0.15) is 5.56 Å². The Morgan fingerprint density at radius 3 is 1.93 bits per heavy atom. The van der Waals surface area contributed by atoms with Crippen molar-refractivity contribution in [1.82, 2.24) is 0 Å². The van der Waals surface area contributed by atoms with Crippen LogP contribution in [-0.2, 0) is 6.18 Å². The van der Waals surface area contributed by atoms with E-state index in [2.05, 4.69) is 27.6 Å². The number of hydrazine groups is 1. The van der Waals surface area contributed by atoms with E-state index >= 15 is 0 Å². The Balaban J connectivity index is 0. The number of rotatable bonds is 0. The summed E-state index contributed by atoms with van der Waals surface area (Å²) in [6.45, 7) is 0. The molecule has 1 aromatic rings. The zero-order valence-corrected chi connectivity index (χ0v) is 9.29. The second-order valence-corrected chi connectivity index (χ2v) is 2.92. The van der Waals surface area contributed by atoms with Gasteiger partial charge in [-0.2, -0.15) is 13.2 Å². The van der Waals surface area contributed by atoms with E-state index in [1.807, 2.05) is 0 Å². The van der Waals surface area contributed by atoms with Crippen LogP contribution >= 0.6 is 28.3 Å². The van der Waals surface area contributed by atoms with Crippen molar-refractivity contribution in [3.63, 3.8) is 0 Å². The Kier molecular flexibility index (Phi) is 8.13. The number of hydrogen-bond donors (Lipinski definition) is 2. The minimum Gasteiger partial charge on any atom is -0.274 e. The second kappa shape index (κ2) is 7.05. The van der Waals surface area contributed by atoms with E-state index in [0.29, 0.717) is 4.47 Å². The first-order chi connectivity index (χ1) is 6.00. The van der Waals surface area contributed by atoms with E-state index in [1.54, 1.807) is 6.07 Å². The molecule has 0 fully saturated rings. The summed E-state index contributed by atoms with van der Waals surface area (Å²) in [5.74, 6) is 8.00. The first kappa shape index (κ1) is 16.1. The van der Waals surface area contributed by atoms with Gasteiger partial charge in [-0.05, 0) is 18.2 Å². The summed E-state index contributed by atoms with van der Waals surface area (Å²) in [5, 5.41) is 0. The van der Waals surface area contributed by atoms with Crippen LogP contribution in [0.5, 0.6) is 0 Å². The Morgan fingerprint density at radius 1 is 1.14 bits per heavy atom. The van der Waals surface area contributed by atoms with Crippen LogP contribution in [0.2, 0.25) is 0 Å². The molecule has 0 bridgehead atoms. The maximum absolute atomic E-state index is 11.9. The third-order valence-corrected chi connectivity index (χ3v) is 1.65. The molecule has 0 unspecified atom stereocenters. The lowest BCUT2D eigenvalue weighted by Crippen LogP contribution is -2.03. The van der Waals surface area contributed by atoms with Crippen molar-refractivity contribution in [2.24, 2.45) is 11.7 Å². The molecule has 4 N–H and O–H groups in total. The van der Waals surface area contributed by atoms with Crippen molar-refractivity contribution in [1.29, 1.82) is 0 Å².